The molecular formula is C15H22N4O3. The minimum Gasteiger partial charge on any atom is -0.378 e. The van der Waals surface area contributed by atoms with Crippen LogP contribution in [0.4, 0.5) is 5.82 Å². The van der Waals surface area contributed by atoms with Gasteiger partial charge in [0.05, 0.1) is 18.8 Å². The zero-order chi connectivity index (χ0) is 15.9. The van der Waals surface area contributed by atoms with Gasteiger partial charge in [-0.25, -0.2) is 4.98 Å². The van der Waals surface area contributed by atoms with E-state index in [4.69, 9.17) is 4.74 Å². The number of hydrogen-bond acceptors (Lipinski definition) is 5. The Morgan fingerprint density at radius 3 is 2.68 bits per heavy atom. The molecule has 1 aliphatic rings. The molecule has 7 nitrogen and oxygen atoms in total. The number of carbonyl (C=O) groups is 2. The van der Waals surface area contributed by atoms with Gasteiger partial charge in [0.15, 0.2) is 0 Å². The van der Waals surface area contributed by atoms with Gasteiger partial charge in [-0.05, 0) is 26.0 Å². The van der Waals surface area contributed by atoms with Crippen molar-refractivity contribution in [2.75, 3.05) is 38.2 Å². The standard InChI is InChI=1S/C15H22N4O3/c1-3-16-14(20)12-4-5-13(17-10-12)18-11(2)15(21)19-6-8-22-9-7-19/h4-5,10-11H,3,6-9H2,1-2H3,(H,16,20)(H,17,18). The normalized spacial score (nSPS) is 16.0. The molecule has 1 unspecified atom stereocenters. The Labute approximate surface area is 130 Å². The number of anilines is 1. The van der Waals surface area contributed by atoms with Gasteiger partial charge in [-0.15, -0.1) is 0 Å². The molecule has 0 aromatic carbocycles. The highest BCUT2D eigenvalue weighted by Crippen LogP contribution is 2.09. The first kappa shape index (κ1) is 16.2. The van der Waals surface area contributed by atoms with E-state index in [0.717, 1.165) is 0 Å². The van der Waals surface area contributed by atoms with Crippen molar-refractivity contribution in [3.63, 3.8) is 0 Å². The maximum atomic E-state index is 12.3. The van der Waals surface area contributed by atoms with Gasteiger partial charge in [-0.2, -0.15) is 0 Å². The van der Waals surface area contributed by atoms with Crippen LogP contribution in [-0.2, 0) is 9.53 Å². The number of carbonyl (C=O) groups excluding carboxylic acids is 2. The number of hydrogen-bond donors (Lipinski definition) is 2. The van der Waals surface area contributed by atoms with E-state index >= 15 is 0 Å². The van der Waals surface area contributed by atoms with E-state index in [0.29, 0.717) is 44.2 Å². The smallest absolute Gasteiger partial charge is 0.252 e. The Morgan fingerprint density at radius 1 is 1.36 bits per heavy atom. The van der Waals surface area contributed by atoms with Crippen LogP contribution >= 0.6 is 0 Å². The molecule has 0 aliphatic carbocycles. The third-order valence-electron chi connectivity index (χ3n) is 3.42. The number of morpholine rings is 1. The predicted octanol–water partition coefficient (Wildman–Crippen LogP) is 0.491. The van der Waals surface area contributed by atoms with Crippen molar-refractivity contribution in [3.8, 4) is 0 Å². The van der Waals surface area contributed by atoms with Crippen LogP contribution in [0, 0.1) is 0 Å². The lowest BCUT2D eigenvalue weighted by Gasteiger charge is -2.29. The lowest BCUT2D eigenvalue weighted by molar-refractivity contribution is -0.135. The Morgan fingerprint density at radius 2 is 2.09 bits per heavy atom. The molecule has 0 spiro atoms. The summed E-state index contributed by atoms with van der Waals surface area (Å²) in [5, 5.41) is 5.77. The highest BCUT2D eigenvalue weighted by molar-refractivity contribution is 5.94. The monoisotopic (exact) mass is 306 g/mol. The Hall–Kier alpha value is -2.15. The van der Waals surface area contributed by atoms with Gasteiger partial charge in [0, 0.05) is 25.8 Å². The number of pyridine rings is 1. The summed E-state index contributed by atoms with van der Waals surface area (Å²) < 4.78 is 5.24. The first-order valence-corrected chi connectivity index (χ1v) is 7.49. The van der Waals surface area contributed by atoms with Crippen molar-refractivity contribution in [2.24, 2.45) is 0 Å². The second kappa shape index (κ2) is 7.74. The molecule has 0 radical (unpaired) electrons. The largest absolute Gasteiger partial charge is 0.378 e. The number of ether oxygens (including phenoxy) is 1. The molecule has 1 fully saturated rings. The number of amides is 2. The van der Waals surface area contributed by atoms with Gasteiger partial charge < -0.3 is 20.3 Å². The second-order valence-corrected chi connectivity index (χ2v) is 5.10. The molecule has 22 heavy (non-hydrogen) atoms. The molecule has 1 saturated heterocycles. The van der Waals surface area contributed by atoms with Crippen molar-refractivity contribution < 1.29 is 14.3 Å². The van der Waals surface area contributed by atoms with Gasteiger partial charge in [0.1, 0.15) is 11.9 Å². The molecule has 2 heterocycles. The van der Waals surface area contributed by atoms with E-state index in [1.165, 1.54) is 6.20 Å². The number of nitrogens with zero attached hydrogens (tertiary/aromatic N) is 2. The topological polar surface area (TPSA) is 83.6 Å². The fourth-order valence-electron chi connectivity index (χ4n) is 2.22. The summed E-state index contributed by atoms with van der Waals surface area (Å²) in [6, 6.07) is 3.01. The van der Waals surface area contributed by atoms with Gasteiger partial charge in [0.25, 0.3) is 5.91 Å². The van der Waals surface area contributed by atoms with Crippen molar-refractivity contribution >= 4 is 17.6 Å². The Bertz CT molecular complexity index is 512. The lowest BCUT2D eigenvalue weighted by Crippen LogP contribution is -2.47. The minimum absolute atomic E-state index is 0.0258. The van der Waals surface area contributed by atoms with Gasteiger partial charge in [-0.1, -0.05) is 0 Å². The Balaban J connectivity index is 1.92. The molecule has 0 saturated carbocycles. The molecular weight excluding hydrogens is 284 g/mol. The summed E-state index contributed by atoms with van der Waals surface area (Å²) in [6.07, 6.45) is 1.50. The fourth-order valence-corrected chi connectivity index (χ4v) is 2.22. The van der Waals surface area contributed by atoms with Crippen LogP contribution < -0.4 is 10.6 Å². The van der Waals surface area contributed by atoms with E-state index in [2.05, 4.69) is 15.6 Å². The SMILES string of the molecule is CCNC(=O)c1ccc(NC(C)C(=O)N2CCOCC2)nc1. The molecule has 1 atom stereocenters. The average Bonchev–Trinajstić information content (AvgIpc) is 2.55. The van der Waals surface area contributed by atoms with Crippen LogP contribution in [0.25, 0.3) is 0 Å². The zero-order valence-corrected chi connectivity index (χ0v) is 13.0. The molecule has 1 aliphatic heterocycles. The van der Waals surface area contributed by atoms with Crippen LogP contribution in [0.1, 0.15) is 24.2 Å². The van der Waals surface area contributed by atoms with Crippen molar-refractivity contribution in [2.45, 2.75) is 19.9 Å². The summed E-state index contributed by atoms with van der Waals surface area (Å²) in [4.78, 5) is 29.9. The van der Waals surface area contributed by atoms with Gasteiger partial charge in [-0.3, -0.25) is 9.59 Å². The molecule has 0 bridgehead atoms. The highest BCUT2D eigenvalue weighted by Gasteiger charge is 2.22. The van der Waals surface area contributed by atoms with E-state index < -0.39 is 0 Å². The van der Waals surface area contributed by atoms with Crippen LogP contribution in [0.2, 0.25) is 0 Å². The molecule has 2 rings (SSSR count). The van der Waals surface area contributed by atoms with Crippen molar-refractivity contribution in [1.82, 2.24) is 15.2 Å². The molecule has 2 N–H and O–H groups in total. The average molecular weight is 306 g/mol. The van der Waals surface area contributed by atoms with Gasteiger partial charge >= 0.3 is 0 Å². The summed E-state index contributed by atoms with van der Waals surface area (Å²) in [5.74, 6) is 0.444. The fraction of sp³-hybridized carbons (Fsp3) is 0.533. The number of rotatable bonds is 5. The van der Waals surface area contributed by atoms with Crippen LogP contribution in [-0.4, -0.2) is 60.6 Å². The second-order valence-electron chi connectivity index (χ2n) is 5.10. The van der Waals surface area contributed by atoms with E-state index in [1.54, 1.807) is 24.0 Å². The Kier molecular flexibility index (Phi) is 5.71. The molecule has 2 amide bonds. The quantitative estimate of drug-likeness (QED) is 0.827. The summed E-state index contributed by atoms with van der Waals surface area (Å²) in [6.45, 7) is 6.64. The van der Waals surface area contributed by atoms with Crippen LogP contribution in [0.15, 0.2) is 18.3 Å². The van der Waals surface area contributed by atoms with E-state index in [9.17, 15) is 9.59 Å². The summed E-state index contributed by atoms with van der Waals surface area (Å²) in [5.41, 5.74) is 0.500. The first-order valence-electron chi connectivity index (χ1n) is 7.49. The highest BCUT2D eigenvalue weighted by atomic mass is 16.5. The number of aromatic nitrogens is 1. The zero-order valence-electron chi connectivity index (χ0n) is 13.0. The van der Waals surface area contributed by atoms with Crippen molar-refractivity contribution in [1.29, 1.82) is 0 Å². The first-order chi connectivity index (χ1) is 10.6. The summed E-state index contributed by atoms with van der Waals surface area (Å²) >= 11 is 0. The van der Waals surface area contributed by atoms with Crippen molar-refractivity contribution in [3.05, 3.63) is 23.9 Å². The van der Waals surface area contributed by atoms with Crippen LogP contribution in [0.5, 0.6) is 0 Å². The van der Waals surface area contributed by atoms with Gasteiger partial charge in [0.2, 0.25) is 5.91 Å². The molecule has 120 valence electrons. The third-order valence-corrected chi connectivity index (χ3v) is 3.42. The van der Waals surface area contributed by atoms with E-state index in [-0.39, 0.29) is 17.9 Å². The molecule has 7 heteroatoms. The predicted molar refractivity (Wildman–Crippen MR) is 82.7 cm³/mol. The molecule has 1 aromatic rings. The molecule has 1 aromatic heterocycles. The van der Waals surface area contributed by atoms with E-state index in [1.807, 2.05) is 6.92 Å². The maximum Gasteiger partial charge on any atom is 0.252 e. The lowest BCUT2D eigenvalue weighted by atomic mass is 10.2. The summed E-state index contributed by atoms with van der Waals surface area (Å²) in [7, 11) is 0. The maximum absolute atomic E-state index is 12.3. The third kappa shape index (κ3) is 4.17. The van der Waals surface area contributed by atoms with Crippen LogP contribution in [0.3, 0.4) is 0 Å². The minimum atomic E-state index is -0.374. The number of nitrogens with one attached hydrogen (secondary N) is 2.